The Labute approximate surface area is 46.2 Å². The van der Waals surface area contributed by atoms with Crippen LogP contribution in [0.2, 0.25) is 0 Å². The highest BCUT2D eigenvalue weighted by atomic mass is 15.0. The summed E-state index contributed by atoms with van der Waals surface area (Å²) < 4.78 is 14.4. The van der Waals surface area contributed by atoms with Gasteiger partial charge in [0.15, 0.2) is 0 Å². The molecule has 0 aromatic heterocycles. The van der Waals surface area contributed by atoms with Gasteiger partial charge in [0, 0.05) is 2.74 Å². The van der Waals surface area contributed by atoms with Crippen LogP contribution in [-0.4, -0.2) is 6.04 Å². The van der Waals surface area contributed by atoms with Crippen LogP contribution in [-0.2, 0) is 0 Å². The maximum atomic E-state index is 8.26. The minimum atomic E-state index is -0.560. The normalized spacial score (nSPS) is 55.7. The summed E-state index contributed by atoms with van der Waals surface area (Å²) in [6, 6.07) is -0.354. The standard InChI is InChI=1S/C5H8N2/c6-7-5-3-1-2-4-5/h1,5H,2-4H2/i2D,4D/t2-,4-,5?/m1/s1. The molecule has 0 aromatic rings. The van der Waals surface area contributed by atoms with Gasteiger partial charge in [-0.1, -0.05) is 0 Å². The molecule has 0 spiro atoms. The summed E-state index contributed by atoms with van der Waals surface area (Å²) >= 11 is 0. The summed E-state index contributed by atoms with van der Waals surface area (Å²) in [5.41, 5.74) is 8.26. The molecule has 2 radical (unpaired) electrons. The van der Waals surface area contributed by atoms with Crippen LogP contribution in [0.1, 0.15) is 22.0 Å². The van der Waals surface area contributed by atoms with E-state index >= 15 is 0 Å². The summed E-state index contributed by atoms with van der Waals surface area (Å²) in [7, 11) is 0. The van der Waals surface area contributed by atoms with Crippen LogP contribution >= 0.6 is 0 Å². The first kappa shape index (κ1) is 2.80. The van der Waals surface area contributed by atoms with E-state index in [0.29, 0.717) is 6.42 Å². The van der Waals surface area contributed by atoms with Crippen molar-refractivity contribution in [1.82, 2.24) is 5.53 Å². The molecule has 0 aliphatic heterocycles. The predicted molar refractivity (Wildman–Crippen MR) is 26.5 cm³/mol. The molecule has 0 amide bonds. The molecule has 0 bridgehead atoms. The fourth-order valence-electron chi connectivity index (χ4n) is 0.589. The minimum Gasteiger partial charge on any atom is -0.164 e. The second-order valence-electron chi connectivity index (χ2n) is 1.54. The first-order valence-corrected chi connectivity index (χ1v) is 2.27. The van der Waals surface area contributed by atoms with E-state index in [1.165, 1.54) is 0 Å². The third-order valence-electron chi connectivity index (χ3n) is 0.995. The fourth-order valence-corrected chi connectivity index (χ4v) is 0.589. The van der Waals surface area contributed by atoms with Crippen LogP contribution in [0.15, 0.2) is 5.11 Å². The van der Waals surface area contributed by atoms with Crippen molar-refractivity contribution in [2.45, 2.75) is 25.3 Å². The zero-order valence-electron chi connectivity index (χ0n) is 5.91. The van der Waals surface area contributed by atoms with Crippen LogP contribution in [0, 0.1) is 6.42 Å². The molecular weight excluding hydrogens is 88.1 g/mol. The van der Waals surface area contributed by atoms with Gasteiger partial charge in [-0.2, -0.15) is 5.11 Å². The van der Waals surface area contributed by atoms with Crippen molar-refractivity contribution in [1.29, 1.82) is 0 Å². The molecule has 1 fully saturated rings. The molecule has 7 heavy (non-hydrogen) atoms. The third-order valence-corrected chi connectivity index (χ3v) is 0.995. The van der Waals surface area contributed by atoms with Gasteiger partial charge in [0.2, 0.25) is 0 Å². The van der Waals surface area contributed by atoms with Crippen LogP contribution in [0.3, 0.4) is 0 Å². The smallest absolute Gasteiger partial charge is 0.0734 e. The van der Waals surface area contributed by atoms with Crippen molar-refractivity contribution in [2.24, 2.45) is 5.11 Å². The minimum absolute atomic E-state index is 0.354. The lowest BCUT2D eigenvalue weighted by Gasteiger charge is -1.91. The van der Waals surface area contributed by atoms with Crippen LogP contribution in [0.4, 0.5) is 0 Å². The van der Waals surface area contributed by atoms with E-state index in [9.17, 15) is 0 Å². The van der Waals surface area contributed by atoms with E-state index in [0.717, 1.165) is 0 Å². The highest BCUT2D eigenvalue weighted by molar-refractivity contribution is 4.83. The molecule has 1 rings (SSSR count). The Hall–Kier alpha value is -0.400. The molecule has 1 aliphatic rings. The van der Waals surface area contributed by atoms with E-state index < -0.39 is 12.8 Å². The molecule has 0 saturated heterocycles. The Balaban J connectivity index is 2.50. The highest BCUT2D eigenvalue weighted by Crippen LogP contribution is 2.18. The average Bonchev–Trinajstić information content (AvgIpc) is 2.15. The van der Waals surface area contributed by atoms with Gasteiger partial charge in [-0.05, 0) is 31.2 Å². The second-order valence-corrected chi connectivity index (χ2v) is 1.54. The molecule has 2 heteroatoms. The number of hydrogen-bond donors (Lipinski definition) is 0. The van der Waals surface area contributed by atoms with Gasteiger partial charge in [0.1, 0.15) is 0 Å². The lowest BCUT2D eigenvalue weighted by molar-refractivity contribution is 0.679. The molecule has 0 heterocycles. The predicted octanol–water partition coefficient (Wildman–Crippen LogP) is 0.995. The quantitative estimate of drug-likeness (QED) is 0.438. The number of nitrogens with zero attached hydrogens (tertiary/aromatic N) is 2. The van der Waals surface area contributed by atoms with Crippen molar-refractivity contribution in [2.75, 3.05) is 0 Å². The average molecular weight is 98.1 g/mol. The van der Waals surface area contributed by atoms with Gasteiger partial charge < -0.3 is 0 Å². The summed E-state index contributed by atoms with van der Waals surface area (Å²) in [5, 5.41) is 2.98. The zero-order chi connectivity index (χ0) is 6.85. The lowest BCUT2D eigenvalue weighted by atomic mass is 10.3. The van der Waals surface area contributed by atoms with Crippen LogP contribution < -0.4 is 5.53 Å². The molecule has 0 N–H and O–H groups in total. The Kier molecular flexibility index (Phi) is 0.820. The van der Waals surface area contributed by atoms with E-state index in [1.807, 2.05) is 0 Å². The molecular formula is C5H8N2. The molecule has 1 aliphatic carbocycles. The number of rotatable bonds is 1. The Morgan fingerprint density at radius 3 is 3.14 bits per heavy atom. The molecule has 0 aromatic carbocycles. The van der Waals surface area contributed by atoms with Gasteiger partial charge in [0.05, 0.1) is 6.04 Å². The van der Waals surface area contributed by atoms with Crippen molar-refractivity contribution in [3.8, 4) is 0 Å². The van der Waals surface area contributed by atoms with Gasteiger partial charge in [-0.25, -0.2) is 0 Å². The van der Waals surface area contributed by atoms with Crippen LogP contribution in [0.25, 0.3) is 0 Å². The zero-order valence-corrected chi connectivity index (χ0v) is 3.91. The SMILES string of the molecule is [2H][C@@H]1[CH]CC(N=[N])[C@@H]1[2H]. The van der Waals surface area contributed by atoms with Gasteiger partial charge >= 0.3 is 0 Å². The van der Waals surface area contributed by atoms with Gasteiger partial charge in [-0.15, -0.1) is 0 Å². The largest absolute Gasteiger partial charge is 0.164 e. The van der Waals surface area contributed by atoms with E-state index in [-0.39, 0.29) is 6.04 Å². The fraction of sp³-hybridized carbons (Fsp3) is 0.800. The maximum Gasteiger partial charge on any atom is 0.0734 e. The summed E-state index contributed by atoms with van der Waals surface area (Å²) in [4.78, 5) is 0. The lowest BCUT2D eigenvalue weighted by Crippen LogP contribution is -1.92. The first-order chi connectivity index (χ1) is 4.25. The molecule has 38 valence electrons. The highest BCUT2D eigenvalue weighted by Gasteiger charge is 2.12. The van der Waals surface area contributed by atoms with Crippen molar-refractivity contribution in [3.63, 3.8) is 0 Å². The van der Waals surface area contributed by atoms with E-state index in [2.05, 4.69) is 5.11 Å². The van der Waals surface area contributed by atoms with E-state index in [4.69, 9.17) is 8.27 Å². The first-order valence-electron chi connectivity index (χ1n) is 3.43. The molecule has 2 nitrogen and oxygen atoms in total. The summed E-state index contributed by atoms with van der Waals surface area (Å²) in [6.45, 7) is 0. The van der Waals surface area contributed by atoms with E-state index in [1.54, 1.807) is 6.42 Å². The maximum absolute atomic E-state index is 8.26. The monoisotopic (exact) mass is 98.1 g/mol. The Morgan fingerprint density at radius 2 is 2.86 bits per heavy atom. The Bertz CT molecular complexity index is 118. The molecule has 3 atom stereocenters. The topological polar surface area (TPSA) is 34.7 Å². The third kappa shape index (κ3) is 0.981. The molecule has 1 unspecified atom stereocenters. The van der Waals surface area contributed by atoms with Gasteiger partial charge in [0.25, 0.3) is 0 Å². The summed E-state index contributed by atoms with van der Waals surface area (Å²) in [5.74, 6) is 0. The second kappa shape index (κ2) is 2.05. The van der Waals surface area contributed by atoms with Gasteiger partial charge in [-0.3, -0.25) is 0 Å². The summed E-state index contributed by atoms with van der Waals surface area (Å²) in [6.07, 6.45) is 1.24. The number of hydrogen-bond acceptors (Lipinski definition) is 1. The van der Waals surface area contributed by atoms with Crippen LogP contribution in [0.5, 0.6) is 0 Å². The van der Waals surface area contributed by atoms with Crippen molar-refractivity contribution in [3.05, 3.63) is 6.42 Å². The molecule has 1 saturated carbocycles. The van der Waals surface area contributed by atoms with Crippen molar-refractivity contribution >= 4 is 0 Å². The Morgan fingerprint density at radius 1 is 2.00 bits per heavy atom. The van der Waals surface area contributed by atoms with Crippen molar-refractivity contribution < 1.29 is 2.74 Å².